The first-order valence-corrected chi connectivity index (χ1v) is 3.24. The molecule has 0 fully saturated rings. The highest BCUT2D eigenvalue weighted by Gasteiger charge is 2.15. The van der Waals surface area contributed by atoms with Gasteiger partial charge < -0.3 is 5.73 Å². The van der Waals surface area contributed by atoms with E-state index in [1.807, 2.05) is 13.0 Å². The van der Waals surface area contributed by atoms with Gasteiger partial charge in [-0.15, -0.1) is 0 Å². The van der Waals surface area contributed by atoms with E-state index in [0.717, 1.165) is 6.42 Å². The molecular formula is C7H10N2O. The summed E-state index contributed by atoms with van der Waals surface area (Å²) < 4.78 is 0. The lowest BCUT2D eigenvalue weighted by Gasteiger charge is -2.11. The third-order valence-corrected chi connectivity index (χ3v) is 1.53. The van der Waals surface area contributed by atoms with Crippen LogP contribution in [0.1, 0.15) is 13.3 Å². The average Bonchev–Trinajstić information content (AvgIpc) is 1.88. The molecule has 0 aliphatic carbocycles. The molecule has 1 aliphatic heterocycles. The minimum Gasteiger partial charge on any atom is -0.365 e. The Bertz CT molecular complexity index is 206. The normalized spacial score (nSPS) is 24.1. The molecule has 3 heteroatoms. The van der Waals surface area contributed by atoms with E-state index in [1.54, 1.807) is 6.20 Å². The first-order chi connectivity index (χ1) is 4.72. The lowest BCUT2D eigenvalue weighted by molar-refractivity contribution is -0.112. The van der Waals surface area contributed by atoms with Crippen molar-refractivity contribution < 1.29 is 4.79 Å². The molecular weight excluding hydrogens is 128 g/mol. The van der Waals surface area contributed by atoms with Gasteiger partial charge in [0.1, 0.15) is 5.71 Å². The number of amides is 1. The molecule has 0 saturated heterocycles. The fourth-order valence-corrected chi connectivity index (χ4v) is 0.943. The molecule has 0 aromatic carbocycles. The van der Waals surface area contributed by atoms with Crippen LogP contribution < -0.4 is 5.73 Å². The van der Waals surface area contributed by atoms with Crippen molar-refractivity contribution in [2.24, 2.45) is 16.6 Å². The number of aliphatic imine (C=N–C) groups is 1. The van der Waals surface area contributed by atoms with Gasteiger partial charge >= 0.3 is 0 Å². The van der Waals surface area contributed by atoms with Crippen LogP contribution in [0.2, 0.25) is 0 Å². The van der Waals surface area contributed by atoms with Crippen LogP contribution in [0.15, 0.2) is 17.3 Å². The van der Waals surface area contributed by atoms with E-state index < -0.39 is 5.91 Å². The summed E-state index contributed by atoms with van der Waals surface area (Å²) in [7, 11) is 0. The largest absolute Gasteiger partial charge is 0.365 e. The molecule has 1 unspecified atom stereocenters. The molecule has 1 heterocycles. The third-order valence-electron chi connectivity index (χ3n) is 1.53. The summed E-state index contributed by atoms with van der Waals surface area (Å²) in [6.07, 6.45) is 4.42. The van der Waals surface area contributed by atoms with Crippen LogP contribution in [0.4, 0.5) is 0 Å². The molecule has 10 heavy (non-hydrogen) atoms. The Morgan fingerprint density at radius 1 is 1.90 bits per heavy atom. The number of hydrogen-bond acceptors (Lipinski definition) is 2. The summed E-state index contributed by atoms with van der Waals surface area (Å²) in [5.41, 5.74) is 5.54. The van der Waals surface area contributed by atoms with Crippen LogP contribution in [0.5, 0.6) is 0 Å². The van der Waals surface area contributed by atoms with Crippen molar-refractivity contribution in [3.63, 3.8) is 0 Å². The monoisotopic (exact) mass is 138 g/mol. The molecule has 1 amide bonds. The number of carbonyl (C=O) groups is 1. The van der Waals surface area contributed by atoms with Gasteiger partial charge in [0.05, 0.1) is 0 Å². The second-order valence-electron chi connectivity index (χ2n) is 2.40. The van der Waals surface area contributed by atoms with Crippen LogP contribution in [0.25, 0.3) is 0 Å². The summed E-state index contributed by atoms with van der Waals surface area (Å²) >= 11 is 0. The average molecular weight is 138 g/mol. The van der Waals surface area contributed by atoms with Crippen molar-refractivity contribution in [2.45, 2.75) is 13.3 Å². The highest BCUT2D eigenvalue weighted by Crippen LogP contribution is 2.10. The van der Waals surface area contributed by atoms with Gasteiger partial charge in [0.25, 0.3) is 5.91 Å². The predicted molar refractivity (Wildman–Crippen MR) is 39.6 cm³/mol. The van der Waals surface area contributed by atoms with Crippen molar-refractivity contribution in [1.29, 1.82) is 0 Å². The van der Waals surface area contributed by atoms with Gasteiger partial charge in [0.2, 0.25) is 0 Å². The molecule has 1 atom stereocenters. The molecule has 0 aromatic rings. The Morgan fingerprint density at radius 3 is 3.00 bits per heavy atom. The molecule has 0 aromatic heterocycles. The Hall–Kier alpha value is -1.12. The Kier molecular flexibility index (Phi) is 1.85. The smallest absolute Gasteiger partial charge is 0.263 e. The summed E-state index contributed by atoms with van der Waals surface area (Å²) in [5, 5.41) is 0. The van der Waals surface area contributed by atoms with Crippen LogP contribution >= 0.6 is 0 Å². The molecule has 0 radical (unpaired) electrons. The summed E-state index contributed by atoms with van der Waals surface area (Å²) in [6.45, 7) is 1.94. The van der Waals surface area contributed by atoms with E-state index in [0.29, 0.717) is 5.71 Å². The van der Waals surface area contributed by atoms with Gasteiger partial charge in [-0.3, -0.25) is 9.79 Å². The maximum atomic E-state index is 10.6. The first-order valence-electron chi connectivity index (χ1n) is 3.24. The number of hydrogen-bond donors (Lipinski definition) is 1. The third kappa shape index (κ3) is 1.23. The van der Waals surface area contributed by atoms with E-state index >= 15 is 0 Å². The first kappa shape index (κ1) is 6.99. The van der Waals surface area contributed by atoms with E-state index in [1.165, 1.54) is 0 Å². The SMILES string of the molecule is CC1CC=CN=C1C(N)=O. The zero-order chi connectivity index (χ0) is 7.56. The van der Waals surface area contributed by atoms with Crippen LogP contribution in [0.3, 0.4) is 0 Å². The molecule has 1 rings (SSSR count). The summed E-state index contributed by atoms with van der Waals surface area (Å²) in [6, 6.07) is 0. The summed E-state index contributed by atoms with van der Waals surface area (Å²) in [4.78, 5) is 14.5. The lowest BCUT2D eigenvalue weighted by Crippen LogP contribution is -2.29. The van der Waals surface area contributed by atoms with E-state index in [9.17, 15) is 4.79 Å². The quantitative estimate of drug-likeness (QED) is 0.562. The van der Waals surface area contributed by atoms with E-state index in [-0.39, 0.29) is 5.92 Å². The van der Waals surface area contributed by atoms with Crippen molar-refractivity contribution in [1.82, 2.24) is 0 Å². The predicted octanol–water partition coefficient (Wildman–Crippen LogP) is 0.466. The van der Waals surface area contributed by atoms with Crippen molar-refractivity contribution in [2.75, 3.05) is 0 Å². The fraction of sp³-hybridized carbons (Fsp3) is 0.429. The van der Waals surface area contributed by atoms with E-state index in [2.05, 4.69) is 4.99 Å². The molecule has 0 bridgehead atoms. The van der Waals surface area contributed by atoms with Gasteiger partial charge in [-0.1, -0.05) is 13.0 Å². The number of primary amides is 1. The second-order valence-corrected chi connectivity index (χ2v) is 2.40. The number of rotatable bonds is 1. The van der Waals surface area contributed by atoms with E-state index in [4.69, 9.17) is 5.73 Å². The van der Waals surface area contributed by atoms with Crippen molar-refractivity contribution in [3.05, 3.63) is 12.3 Å². The highest BCUT2D eigenvalue weighted by molar-refractivity contribution is 6.39. The molecule has 54 valence electrons. The minimum atomic E-state index is -0.406. The standard InChI is InChI=1S/C7H10N2O/c1-5-3-2-4-9-6(5)7(8)10/h2,4-5H,3H2,1H3,(H2,8,10). The highest BCUT2D eigenvalue weighted by atomic mass is 16.1. The van der Waals surface area contributed by atoms with Crippen LogP contribution in [-0.4, -0.2) is 11.6 Å². The van der Waals surface area contributed by atoms with Crippen LogP contribution in [-0.2, 0) is 4.79 Å². The number of nitrogens with zero attached hydrogens (tertiary/aromatic N) is 1. The maximum Gasteiger partial charge on any atom is 0.263 e. The minimum absolute atomic E-state index is 0.183. The zero-order valence-corrected chi connectivity index (χ0v) is 5.87. The maximum absolute atomic E-state index is 10.6. The second kappa shape index (κ2) is 2.64. The Labute approximate surface area is 59.6 Å². The van der Waals surface area contributed by atoms with Gasteiger partial charge in [-0.25, -0.2) is 0 Å². The summed E-state index contributed by atoms with van der Waals surface area (Å²) in [5.74, 6) is -0.223. The van der Waals surface area contributed by atoms with Crippen molar-refractivity contribution >= 4 is 11.6 Å². The van der Waals surface area contributed by atoms with Crippen LogP contribution in [0, 0.1) is 5.92 Å². The topological polar surface area (TPSA) is 55.4 Å². The van der Waals surface area contributed by atoms with Gasteiger partial charge in [0.15, 0.2) is 0 Å². The van der Waals surface area contributed by atoms with Gasteiger partial charge in [-0.2, -0.15) is 0 Å². The Morgan fingerprint density at radius 2 is 2.60 bits per heavy atom. The van der Waals surface area contributed by atoms with Crippen molar-refractivity contribution in [3.8, 4) is 0 Å². The molecule has 0 saturated carbocycles. The Balaban J connectivity index is 2.80. The number of carbonyl (C=O) groups excluding carboxylic acids is 1. The molecule has 2 N–H and O–H groups in total. The van der Waals surface area contributed by atoms with Gasteiger partial charge in [-0.05, 0) is 6.42 Å². The molecule has 3 nitrogen and oxygen atoms in total. The molecule has 1 aliphatic rings. The fourth-order valence-electron chi connectivity index (χ4n) is 0.943. The zero-order valence-electron chi connectivity index (χ0n) is 5.87. The lowest BCUT2D eigenvalue weighted by atomic mass is 9.99. The van der Waals surface area contributed by atoms with Gasteiger partial charge in [0, 0.05) is 12.1 Å². The number of nitrogens with two attached hydrogens (primary N) is 1. The molecule has 0 spiro atoms. The number of allylic oxidation sites excluding steroid dienone is 1.